The molecule has 6 nitrogen and oxygen atoms in total. The third-order valence-electron chi connectivity index (χ3n) is 2.98. The average Bonchev–Trinajstić information content (AvgIpc) is 3.21. The van der Waals surface area contributed by atoms with Crippen LogP contribution in [0.15, 0.2) is 12.3 Å². The van der Waals surface area contributed by atoms with E-state index in [4.69, 9.17) is 15.6 Å². The molecule has 1 heterocycles. The molecule has 1 aliphatic rings. The van der Waals surface area contributed by atoms with Crippen molar-refractivity contribution >= 4 is 17.5 Å². The zero-order chi connectivity index (χ0) is 13.8. The Morgan fingerprint density at radius 3 is 2.95 bits per heavy atom. The normalized spacial score (nSPS) is 14.2. The van der Waals surface area contributed by atoms with Crippen molar-refractivity contribution in [1.29, 1.82) is 0 Å². The van der Waals surface area contributed by atoms with Crippen LogP contribution in [0.2, 0.25) is 0 Å². The monoisotopic (exact) mass is 265 g/mol. The lowest BCUT2D eigenvalue weighted by Crippen LogP contribution is -2.31. The molecule has 0 aromatic carbocycles. The minimum absolute atomic E-state index is 0.0187. The van der Waals surface area contributed by atoms with Crippen LogP contribution in [0.25, 0.3) is 0 Å². The first-order chi connectivity index (χ1) is 9.17. The molecule has 1 saturated carbocycles. The number of esters is 1. The molecule has 0 unspecified atom stereocenters. The highest BCUT2D eigenvalue weighted by Crippen LogP contribution is 2.32. The molecule has 0 bridgehead atoms. The number of pyridine rings is 1. The van der Waals surface area contributed by atoms with Gasteiger partial charge in [-0.1, -0.05) is 0 Å². The quantitative estimate of drug-likeness (QED) is 0.740. The first-order valence-electron chi connectivity index (χ1n) is 6.47. The predicted octanol–water partition coefficient (Wildman–Crippen LogP) is 0.802. The van der Waals surface area contributed by atoms with Crippen LogP contribution in [0.5, 0.6) is 0 Å². The van der Waals surface area contributed by atoms with Crippen LogP contribution in [0.3, 0.4) is 0 Å². The Labute approximate surface area is 112 Å². The summed E-state index contributed by atoms with van der Waals surface area (Å²) in [4.78, 5) is 18.2. The van der Waals surface area contributed by atoms with Crippen molar-refractivity contribution in [2.75, 3.05) is 30.4 Å². The average molecular weight is 265 g/mol. The molecule has 0 radical (unpaired) electrons. The van der Waals surface area contributed by atoms with Gasteiger partial charge < -0.3 is 20.5 Å². The summed E-state index contributed by atoms with van der Waals surface area (Å²) in [6.07, 6.45) is 3.62. The number of hydrogen-bond acceptors (Lipinski definition) is 6. The van der Waals surface area contributed by atoms with Gasteiger partial charge in [-0.25, -0.2) is 9.78 Å². The number of hydrogen-bond donors (Lipinski definition) is 2. The maximum atomic E-state index is 12.0. The largest absolute Gasteiger partial charge is 0.462 e. The number of aliphatic hydroxyl groups excluding tert-OH is 1. The highest BCUT2D eigenvalue weighted by atomic mass is 16.5. The molecule has 0 amide bonds. The Morgan fingerprint density at radius 1 is 1.63 bits per heavy atom. The molecular formula is C13H19N3O3. The van der Waals surface area contributed by atoms with Crippen molar-refractivity contribution in [2.45, 2.75) is 25.8 Å². The maximum Gasteiger partial charge on any atom is 0.341 e. The number of rotatable bonds is 6. The molecule has 104 valence electrons. The number of carbonyl (C=O) groups excluding carboxylic acids is 1. The van der Waals surface area contributed by atoms with Crippen LogP contribution >= 0.6 is 0 Å². The van der Waals surface area contributed by atoms with Gasteiger partial charge in [0, 0.05) is 12.6 Å². The van der Waals surface area contributed by atoms with Gasteiger partial charge in [0.15, 0.2) is 0 Å². The lowest BCUT2D eigenvalue weighted by atomic mass is 10.2. The van der Waals surface area contributed by atoms with E-state index in [1.807, 2.05) is 4.90 Å². The van der Waals surface area contributed by atoms with Crippen LogP contribution in [0.1, 0.15) is 30.1 Å². The standard InChI is InChI=1S/C13H19N3O3/c1-2-19-13(18)11-7-9(14)8-15-12(11)16(5-6-17)10-3-4-10/h7-8,10,17H,2-6,14H2,1H3. The fourth-order valence-electron chi connectivity index (χ4n) is 2.02. The van der Waals surface area contributed by atoms with Gasteiger partial charge in [-0.2, -0.15) is 0 Å². The zero-order valence-corrected chi connectivity index (χ0v) is 11.0. The molecule has 6 heteroatoms. The second kappa shape index (κ2) is 5.88. The lowest BCUT2D eigenvalue weighted by Gasteiger charge is -2.24. The number of nitrogens with zero attached hydrogens (tertiary/aromatic N) is 2. The molecule has 19 heavy (non-hydrogen) atoms. The molecule has 1 aliphatic carbocycles. The second-order valence-corrected chi connectivity index (χ2v) is 4.51. The van der Waals surface area contributed by atoms with E-state index in [2.05, 4.69) is 4.98 Å². The van der Waals surface area contributed by atoms with E-state index in [0.717, 1.165) is 12.8 Å². The van der Waals surface area contributed by atoms with Gasteiger partial charge >= 0.3 is 5.97 Å². The number of carbonyl (C=O) groups is 1. The van der Waals surface area contributed by atoms with Crippen molar-refractivity contribution in [3.63, 3.8) is 0 Å². The van der Waals surface area contributed by atoms with E-state index >= 15 is 0 Å². The van der Waals surface area contributed by atoms with Crippen molar-refractivity contribution in [3.05, 3.63) is 17.8 Å². The summed E-state index contributed by atoms with van der Waals surface area (Å²) in [5.74, 6) is 0.116. The van der Waals surface area contributed by atoms with E-state index in [1.165, 1.54) is 6.20 Å². The molecule has 1 fully saturated rings. The highest BCUT2D eigenvalue weighted by molar-refractivity contribution is 5.95. The van der Waals surface area contributed by atoms with Crippen molar-refractivity contribution in [2.24, 2.45) is 0 Å². The third kappa shape index (κ3) is 3.14. The summed E-state index contributed by atoms with van der Waals surface area (Å²) in [7, 11) is 0. The van der Waals surface area contributed by atoms with Gasteiger partial charge in [-0.05, 0) is 25.8 Å². The summed E-state index contributed by atoms with van der Waals surface area (Å²) in [5.41, 5.74) is 6.47. The Morgan fingerprint density at radius 2 is 2.37 bits per heavy atom. The zero-order valence-electron chi connectivity index (χ0n) is 11.0. The topological polar surface area (TPSA) is 88.7 Å². The number of nitrogen functional groups attached to an aromatic ring is 1. The Balaban J connectivity index is 2.34. The number of aromatic nitrogens is 1. The van der Waals surface area contributed by atoms with Gasteiger partial charge in [0.1, 0.15) is 11.4 Å². The van der Waals surface area contributed by atoms with E-state index in [-0.39, 0.29) is 6.61 Å². The number of aliphatic hydroxyl groups is 1. The minimum Gasteiger partial charge on any atom is -0.462 e. The summed E-state index contributed by atoms with van der Waals surface area (Å²) in [5, 5.41) is 9.15. The van der Waals surface area contributed by atoms with Gasteiger partial charge in [0.25, 0.3) is 0 Å². The Bertz CT molecular complexity index is 460. The van der Waals surface area contributed by atoms with Gasteiger partial charge in [-0.3, -0.25) is 0 Å². The van der Waals surface area contributed by atoms with Crippen LogP contribution < -0.4 is 10.6 Å². The molecule has 1 aromatic heterocycles. The Hall–Kier alpha value is -1.82. The molecule has 1 aromatic rings. The molecule has 0 atom stereocenters. The number of anilines is 2. The van der Waals surface area contributed by atoms with Crippen molar-refractivity contribution < 1.29 is 14.6 Å². The van der Waals surface area contributed by atoms with Gasteiger partial charge in [0.05, 0.1) is 25.1 Å². The first kappa shape index (κ1) is 13.6. The fourth-order valence-corrected chi connectivity index (χ4v) is 2.02. The van der Waals surface area contributed by atoms with Gasteiger partial charge in [-0.15, -0.1) is 0 Å². The molecule has 3 N–H and O–H groups in total. The molecule has 2 rings (SSSR count). The van der Waals surface area contributed by atoms with Crippen molar-refractivity contribution in [3.8, 4) is 0 Å². The predicted molar refractivity (Wildman–Crippen MR) is 72.1 cm³/mol. The summed E-state index contributed by atoms with van der Waals surface area (Å²) in [6.45, 7) is 2.53. The van der Waals surface area contributed by atoms with E-state index in [1.54, 1.807) is 13.0 Å². The molecule has 0 saturated heterocycles. The fraction of sp³-hybridized carbons (Fsp3) is 0.538. The summed E-state index contributed by atoms with van der Waals surface area (Å²) >= 11 is 0. The SMILES string of the molecule is CCOC(=O)c1cc(N)cnc1N(CCO)C1CC1. The molecule has 0 spiro atoms. The summed E-state index contributed by atoms with van der Waals surface area (Å²) in [6, 6.07) is 1.92. The second-order valence-electron chi connectivity index (χ2n) is 4.51. The van der Waals surface area contributed by atoms with E-state index in [0.29, 0.717) is 36.3 Å². The minimum atomic E-state index is -0.430. The van der Waals surface area contributed by atoms with E-state index < -0.39 is 5.97 Å². The van der Waals surface area contributed by atoms with Gasteiger partial charge in [0.2, 0.25) is 0 Å². The number of ether oxygens (including phenoxy) is 1. The van der Waals surface area contributed by atoms with Crippen LogP contribution in [-0.4, -0.2) is 41.9 Å². The first-order valence-corrected chi connectivity index (χ1v) is 6.47. The van der Waals surface area contributed by atoms with E-state index in [9.17, 15) is 4.79 Å². The lowest BCUT2D eigenvalue weighted by molar-refractivity contribution is 0.0526. The van der Waals surface area contributed by atoms with Crippen LogP contribution in [0.4, 0.5) is 11.5 Å². The Kier molecular flexibility index (Phi) is 4.21. The maximum absolute atomic E-state index is 12.0. The third-order valence-corrected chi connectivity index (χ3v) is 2.98. The molecule has 0 aliphatic heterocycles. The smallest absolute Gasteiger partial charge is 0.341 e. The van der Waals surface area contributed by atoms with Crippen molar-refractivity contribution in [1.82, 2.24) is 4.98 Å². The highest BCUT2D eigenvalue weighted by Gasteiger charge is 2.32. The molecular weight excluding hydrogens is 246 g/mol. The number of nitrogens with two attached hydrogens (primary N) is 1. The summed E-state index contributed by atoms with van der Waals surface area (Å²) < 4.78 is 5.03. The van der Waals surface area contributed by atoms with Crippen LogP contribution in [0, 0.1) is 0 Å². The van der Waals surface area contributed by atoms with Crippen LogP contribution in [-0.2, 0) is 4.74 Å².